The Bertz CT molecular complexity index is 1150. The third-order valence-corrected chi connectivity index (χ3v) is 4.22. The molecule has 0 saturated heterocycles. The quantitative estimate of drug-likeness (QED) is 0.456. The number of hydrogen-bond donors (Lipinski definition) is 1. The summed E-state index contributed by atoms with van der Waals surface area (Å²) in [5, 5.41) is 5.98. The van der Waals surface area contributed by atoms with Gasteiger partial charge in [0.2, 0.25) is 0 Å². The van der Waals surface area contributed by atoms with Gasteiger partial charge in [-0.25, -0.2) is 4.98 Å². The van der Waals surface area contributed by atoms with Crippen molar-refractivity contribution >= 4 is 33.2 Å². The van der Waals surface area contributed by atoms with Gasteiger partial charge < -0.3 is 5.32 Å². The molecule has 1 N–H and O–H groups in total. The van der Waals surface area contributed by atoms with E-state index in [1.54, 1.807) is 0 Å². The van der Waals surface area contributed by atoms with Crippen LogP contribution in [0.1, 0.15) is 16.2 Å². The van der Waals surface area contributed by atoms with Gasteiger partial charge in [-0.1, -0.05) is 48.4 Å². The summed E-state index contributed by atoms with van der Waals surface area (Å²) in [4.78, 5) is 17.3. The van der Waals surface area contributed by atoms with Crippen molar-refractivity contribution in [2.24, 2.45) is 0 Å². The summed E-state index contributed by atoms with van der Waals surface area (Å²) < 4.78 is 1.93. The molecule has 0 fully saturated rings. The summed E-state index contributed by atoms with van der Waals surface area (Å²) in [6.07, 6.45) is 5.26. The number of hydrogen-bond acceptors (Lipinski definition) is 2. The van der Waals surface area contributed by atoms with E-state index in [0.29, 0.717) is 11.4 Å². The predicted molar refractivity (Wildman–Crippen MR) is 96.1 cm³/mol. The maximum Gasteiger partial charge on any atom is 0.270 e. The molecule has 4 heteroatoms. The van der Waals surface area contributed by atoms with Gasteiger partial charge in [0.25, 0.3) is 5.91 Å². The molecule has 4 rings (SSSR count). The van der Waals surface area contributed by atoms with Crippen LogP contribution in [0.4, 0.5) is 0 Å². The number of para-hydroxylation sites is 1. The highest BCUT2D eigenvalue weighted by atomic mass is 16.1. The Labute approximate surface area is 139 Å². The maximum atomic E-state index is 12.6. The summed E-state index contributed by atoms with van der Waals surface area (Å²) in [5.41, 5.74) is 2.96. The van der Waals surface area contributed by atoms with Crippen LogP contribution in [-0.2, 0) is 0 Å². The van der Waals surface area contributed by atoms with Crippen molar-refractivity contribution in [1.82, 2.24) is 14.7 Å². The van der Waals surface area contributed by atoms with Crippen LogP contribution in [0.2, 0.25) is 0 Å². The molecule has 2 heterocycles. The molecule has 4 nitrogen and oxygen atoms in total. The Morgan fingerprint density at radius 2 is 1.79 bits per heavy atom. The van der Waals surface area contributed by atoms with Crippen molar-refractivity contribution in [3.8, 4) is 12.3 Å². The van der Waals surface area contributed by atoms with Crippen LogP contribution >= 0.6 is 0 Å². The lowest BCUT2D eigenvalue weighted by Gasteiger charge is -2.10. The molecule has 116 valence electrons. The van der Waals surface area contributed by atoms with E-state index >= 15 is 0 Å². The Morgan fingerprint density at radius 1 is 1.12 bits per heavy atom. The number of rotatable bonds is 2. The first-order valence-electron chi connectivity index (χ1n) is 7.72. The summed E-state index contributed by atoms with van der Waals surface area (Å²) in [6.45, 7) is 2.04. The minimum absolute atomic E-state index is 0.191. The fraction of sp³-hybridized carbons (Fsp3) is 0.100. The molecule has 0 aliphatic carbocycles. The summed E-state index contributed by atoms with van der Waals surface area (Å²) in [5.74, 6) is 2.22. The monoisotopic (exact) mass is 313 g/mol. The fourth-order valence-electron chi connectivity index (χ4n) is 3.23. The van der Waals surface area contributed by atoms with Crippen LogP contribution in [0.25, 0.3) is 27.3 Å². The third kappa shape index (κ3) is 1.95. The van der Waals surface area contributed by atoms with Gasteiger partial charge in [-0.15, -0.1) is 6.42 Å². The minimum Gasteiger partial charge on any atom is -0.340 e. The van der Waals surface area contributed by atoms with E-state index in [-0.39, 0.29) is 12.5 Å². The topological polar surface area (TPSA) is 46.4 Å². The number of aryl methyl sites for hydroxylation is 1. The first-order valence-corrected chi connectivity index (χ1v) is 7.72. The highest BCUT2D eigenvalue weighted by Crippen LogP contribution is 2.30. The molecule has 2 aromatic heterocycles. The Balaban J connectivity index is 2.19. The second-order valence-electron chi connectivity index (χ2n) is 5.65. The predicted octanol–water partition coefficient (Wildman–Crippen LogP) is 3.31. The summed E-state index contributed by atoms with van der Waals surface area (Å²) >= 11 is 0. The van der Waals surface area contributed by atoms with E-state index in [1.807, 2.05) is 47.7 Å². The van der Waals surface area contributed by atoms with Gasteiger partial charge in [0.05, 0.1) is 17.8 Å². The number of carbonyl (C=O) groups excluding carboxylic acids is 1. The number of fused-ring (bicyclic) bond motifs is 6. The van der Waals surface area contributed by atoms with Crippen LogP contribution in [0.3, 0.4) is 0 Å². The molecule has 24 heavy (non-hydrogen) atoms. The van der Waals surface area contributed by atoms with Crippen LogP contribution in [0.15, 0.2) is 48.5 Å². The number of aromatic nitrogens is 2. The zero-order chi connectivity index (χ0) is 16.7. The SMILES string of the molecule is C#CCNC(=O)c1c(C)nc2c3ccccc3c3ccccc3n12. The Hall–Kier alpha value is -3.32. The zero-order valence-electron chi connectivity index (χ0n) is 13.2. The van der Waals surface area contributed by atoms with Gasteiger partial charge in [0.15, 0.2) is 0 Å². The number of pyridine rings is 1. The van der Waals surface area contributed by atoms with E-state index < -0.39 is 0 Å². The second-order valence-corrected chi connectivity index (χ2v) is 5.65. The smallest absolute Gasteiger partial charge is 0.270 e. The Kier molecular flexibility index (Phi) is 3.21. The number of terminal acetylenes is 1. The van der Waals surface area contributed by atoms with Crippen molar-refractivity contribution in [2.75, 3.05) is 6.54 Å². The van der Waals surface area contributed by atoms with Gasteiger partial charge in [-0.2, -0.15) is 0 Å². The minimum atomic E-state index is -0.210. The lowest BCUT2D eigenvalue weighted by molar-refractivity contribution is 0.0952. The largest absolute Gasteiger partial charge is 0.340 e. The molecule has 2 aromatic carbocycles. The zero-order valence-corrected chi connectivity index (χ0v) is 13.2. The average molecular weight is 313 g/mol. The Morgan fingerprint density at radius 3 is 2.54 bits per heavy atom. The molecule has 0 bridgehead atoms. The molecule has 0 spiro atoms. The number of benzene rings is 2. The third-order valence-electron chi connectivity index (χ3n) is 4.22. The van der Waals surface area contributed by atoms with Crippen LogP contribution in [0, 0.1) is 19.3 Å². The average Bonchev–Trinajstić information content (AvgIpc) is 2.97. The number of amides is 1. The molecular formula is C20H15N3O. The van der Waals surface area contributed by atoms with Crippen LogP contribution in [0.5, 0.6) is 0 Å². The van der Waals surface area contributed by atoms with Crippen molar-refractivity contribution in [3.05, 3.63) is 59.9 Å². The molecule has 4 aromatic rings. The lowest BCUT2D eigenvalue weighted by atomic mass is 10.1. The number of imidazole rings is 1. The first-order chi connectivity index (χ1) is 11.7. The highest BCUT2D eigenvalue weighted by Gasteiger charge is 2.20. The van der Waals surface area contributed by atoms with E-state index in [4.69, 9.17) is 6.42 Å². The summed E-state index contributed by atoms with van der Waals surface area (Å²) in [7, 11) is 0. The molecule has 0 saturated carbocycles. The molecule has 1 amide bonds. The number of nitrogens with zero attached hydrogens (tertiary/aromatic N) is 2. The highest BCUT2D eigenvalue weighted by molar-refractivity contribution is 6.13. The van der Waals surface area contributed by atoms with Crippen molar-refractivity contribution in [3.63, 3.8) is 0 Å². The molecule has 0 radical (unpaired) electrons. The summed E-state index contributed by atoms with van der Waals surface area (Å²) in [6, 6.07) is 16.2. The van der Waals surface area contributed by atoms with Gasteiger partial charge >= 0.3 is 0 Å². The molecule has 0 unspecified atom stereocenters. The number of nitrogens with one attached hydrogen (secondary N) is 1. The first kappa shape index (κ1) is 14.3. The standard InChI is InChI=1S/C20H15N3O/c1-3-12-21-20(24)18-13(2)22-19-16-10-5-4-8-14(16)15-9-6-7-11-17(15)23(18)19/h1,4-11H,12H2,2H3,(H,21,24). The van der Waals surface area contributed by atoms with Gasteiger partial charge in [0.1, 0.15) is 11.3 Å². The fourth-order valence-corrected chi connectivity index (χ4v) is 3.23. The van der Waals surface area contributed by atoms with E-state index in [0.717, 1.165) is 27.3 Å². The molecule has 0 atom stereocenters. The van der Waals surface area contributed by atoms with Gasteiger partial charge in [0, 0.05) is 10.8 Å². The number of carbonyl (C=O) groups is 1. The molecule has 0 aliphatic heterocycles. The van der Waals surface area contributed by atoms with Gasteiger partial charge in [-0.05, 0) is 18.4 Å². The van der Waals surface area contributed by atoms with Gasteiger partial charge in [-0.3, -0.25) is 9.20 Å². The maximum absolute atomic E-state index is 12.6. The van der Waals surface area contributed by atoms with Crippen LogP contribution < -0.4 is 5.32 Å². The van der Waals surface area contributed by atoms with Crippen LogP contribution in [-0.4, -0.2) is 21.8 Å². The van der Waals surface area contributed by atoms with E-state index in [2.05, 4.69) is 28.4 Å². The normalized spacial score (nSPS) is 11.0. The van der Waals surface area contributed by atoms with E-state index in [1.165, 1.54) is 0 Å². The van der Waals surface area contributed by atoms with E-state index in [9.17, 15) is 4.79 Å². The lowest BCUT2D eigenvalue weighted by Crippen LogP contribution is -2.25. The second kappa shape index (κ2) is 5.39. The van der Waals surface area contributed by atoms with Crippen molar-refractivity contribution in [2.45, 2.75) is 6.92 Å². The van der Waals surface area contributed by atoms with Crippen molar-refractivity contribution < 1.29 is 4.79 Å². The molecular weight excluding hydrogens is 298 g/mol. The molecule has 0 aliphatic rings. The van der Waals surface area contributed by atoms with Crippen molar-refractivity contribution in [1.29, 1.82) is 0 Å².